The molecule has 160 valence electrons. The average molecular weight is 447 g/mol. The number of nitro groups is 1. The van der Waals surface area contributed by atoms with Crippen molar-refractivity contribution in [2.24, 2.45) is 0 Å². The van der Waals surface area contributed by atoms with Crippen molar-refractivity contribution < 1.29 is 19.2 Å². The molecule has 9 heteroatoms. The van der Waals surface area contributed by atoms with Gasteiger partial charge in [0, 0.05) is 12.1 Å². The maximum atomic E-state index is 12.8. The fourth-order valence-corrected chi connectivity index (χ4v) is 3.88. The molecular weight excluding hydrogens is 430 g/mol. The zero-order valence-electron chi connectivity index (χ0n) is 16.9. The number of amides is 2. The summed E-state index contributed by atoms with van der Waals surface area (Å²) in [5.41, 5.74) is 2.56. The monoisotopic (exact) mass is 447 g/mol. The normalized spacial score (nSPS) is 14.8. The summed E-state index contributed by atoms with van der Waals surface area (Å²) < 4.78 is 5.58. The summed E-state index contributed by atoms with van der Waals surface area (Å²) in [7, 11) is 0. The molecule has 2 amide bonds. The molecule has 1 aromatic heterocycles. The van der Waals surface area contributed by atoms with Crippen molar-refractivity contribution in [2.45, 2.75) is 13.5 Å². The van der Waals surface area contributed by atoms with Gasteiger partial charge in [0.15, 0.2) is 0 Å². The van der Waals surface area contributed by atoms with Gasteiger partial charge in [0.2, 0.25) is 5.88 Å². The minimum absolute atomic E-state index is 0.121. The SMILES string of the molecule is Cc1ccccc1CN1C(=O)S/C(=C\c2ccc(Oc3ccc([N+](=O)[O-])cn3)cc2)C1=O. The second kappa shape index (κ2) is 9.03. The van der Waals surface area contributed by atoms with Gasteiger partial charge in [-0.3, -0.25) is 24.6 Å². The molecule has 0 bridgehead atoms. The molecule has 0 aliphatic carbocycles. The number of benzene rings is 2. The number of aryl methyl sites for hydroxylation is 1. The number of hydrogen-bond acceptors (Lipinski definition) is 7. The number of nitrogens with zero attached hydrogens (tertiary/aromatic N) is 3. The van der Waals surface area contributed by atoms with E-state index in [1.807, 2.05) is 31.2 Å². The third-order valence-electron chi connectivity index (χ3n) is 4.80. The molecule has 0 spiro atoms. The number of pyridine rings is 1. The molecule has 1 aliphatic heterocycles. The standard InChI is InChI=1S/C23H17N3O5S/c1-15-4-2-3-5-17(15)14-25-22(27)20(32-23(25)28)12-16-6-9-19(10-7-16)31-21-11-8-18(13-24-21)26(29)30/h2-13H,14H2,1H3/b20-12-. The van der Waals surface area contributed by atoms with Gasteiger partial charge in [0.1, 0.15) is 11.9 Å². The van der Waals surface area contributed by atoms with Crippen molar-refractivity contribution in [1.29, 1.82) is 0 Å². The van der Waals surface area contributed by atoms with Crippen LogP contribution in [0.1, 0.15) is 16.7 Å². The zero-order chi connectivity index (χ0) is 22.7. The van der Waals surface area contributed by atoms with Gasteiger partial charge in [-0.15, -0.1) is 0 Å². The van der Waals surface area contributed by atoms with E-state index in [4.69, 9.17) is 4.74 Å². The number of hydrogen-bond donors (Lipinski definition) is 0. The highest BCUT2D eigenvalue weighted by atomic mass is 32.2. The van der Waals surface area contributed by atoms with Crippen molar-refractivity contribution in [1.82, 2.24) is 9.88 Å². The Kier molecular flexibility index (Phi) is 6.00. The number of carbonyl (C=O) groups excluding carboxylic acids is 2. The van der Waals surface area contributed by atoms with Gasteiger partial charge < -0.3 is 4.74 Å². The van der Waals surface area contributed by atoms with E-state index in [1.165, 1.54) is 17.0 Å². The first-order valence-electron chi connectivity index (χ1n) is 9.59. The molecule has 1 aliphatic rings. The van der Waals surface area contributed by atoms with Crippen LogP contribution in [0.2, 0.25) is 0 Å². The van der Waals surface area contributed by atoms with E-state index in [0.717, 1.165) is 34.6 Å². The van der Waals surface area contributed by atoms with Gasteiger partial charge in [-0.05, 0) is 53.6 Å². The minimum atomic E-state index is -0.533. The Labute approximate surface area is 187 Å². The third kappa shape index (κ3) is 4.68. The van der Waals surface area contributed by atoms with Crippen molar-refractivity contribution in [3.63, 3.8) is 0 Å². The van der Waals surface area contributed by atoms with E-state index in [2.05, 4.69) is 4.98 Å². The van der Waals surface area contributed by atoms with Crippen molar-refractivity contribution in [3.8, 4) is 11.6 Å². The molecule has 8 nitrogen and oxygen atoms in total. The van der Waals surface area contributed by atoms with Gasteiger partial charge >= 0.3 is 0 Å². The fraction of sp³-hybridized carbons (Fsp3) is 0.0870. The van der Waals surface area contributed by atoms with Gasteiger partial charge in [-0.25, -0.2) is 4.98 Å². The molecule has 0 unspecified atom stereocenters. The summed E-state index contributed by atoms with van der Waals surface area (Å²) in [6, 6.07) is 17.2. The highest BCUT2D eigenvalue weighted by molar-refractivity contribution is 8.18. The lowest BCUT2D eigenvalue weighted by Crippen LogP contribution is -2.27. The third-order valence-corrected chi connectivity index (χ3v) is 5.70. The molecule has 0 saturated carbocycles. The van der Waals surface area contributed by atoms with Gasteiger partial charge in [0.05, 0.1) is 16.4 Å². The smallest absolute Gasteiger partial charge is 0.293 e. The molecule has 1 saturated heterocycles. The summed E-state index contributed by atoms with van der Waals surface area (Å²) in [5, 5.41) is 10.4. The Morgan fingerprint density at radius 2 is 1.84 bits per heavy atom. The lowest BCUT2D eigenvalue weighted by Gasteiger charge is -2.14. The molecular formula is C23H17N3O5S. The molecule has 0 N–H and O–H groups in total. The number of rotatable bonds is 6. The average Bonchev–Trinajstić information content (AvgIpc) is 3.04. The van der Waals surface area contributed by atoms with Gasteiger partial charge in [-0.2, -0.15) is 0 Å². The molecule has 2 heterocycles. The van der Waals surface area contributed by atoms with E-state index >= 15 is 0 Å². The quantitative estimate of drug-likeness (QED) is 0.286. The number of ether oxygens (including phenoxy) is 1. The topological polar surface area (TPSA) is 103 Å². The summed E-state index contributed by atoms with van der Waals surface area (Å²) >= 11 is 0.914. The fourth-order valence-electron chi connectivity index (χ4n) is 3.04. The first-order chi connectivity index (χ1) is 15.4. The number of carbonyl (C=O) groups is 2. The van der Waals surface area contributed by atoms with Crippen molar-refractivity contribution >= 4 is 34.7 Å². The van der Waals surface area contributed by atoms with Crippen LogP contribution in [0.5, 0.6) is 11.6 Å². The summed E-state index contributed by atoms with van der Waals surface area (Å²) in [5.74, 6) is 0.385. The minimum Gasteiger partial charge on any atom is -0.439 e. The largest absolute Gasteiger partial charge is 0.439 e. The lowest BCUT2D eigenvalue weighted by atomic mass is 10.1. The maximum absolute atomic E-state index is 12.8. The van der Waals surface area contributed by atoms with Crippen LogP contribution in [0.15, 0.2) is 71.8 Å². The van der Waals surface area contributed by atoms with E-state index in [1.54, 1.807) is 30.3 Å². The molecule has 3 aromatic rings. The predicted octanol–water partition coefficient (Wildman–Crippen LogP) is 5.33. The Hall–Kier alpha value is -3.98. The van der Waals surface area contributed by atoms with Crippen LogP contribution in [-0.2, 0) is 11.3 Å². The Morgan fingerprint density at radius 1 is 1.09 bits per heavy atom. The summed E-state index contributed by atoms with van der Waals surface area (Å²) in [6.07, 6.45) is 2.79. The maximum Gasteiger partial charge on any atom is 0.293 e. The van der Waals surface area contributed by atoms with Crippen LogP contribution in [0.4, 0.5) is 10.5 Å². The Bertz CT molecular complexity index is 1220. The van der Waals surface area contributed by atoms with E-state index < -0.39 is 4.92 Å². The molecule has 0 atom stereocenters. The molecule has 1 fully saturated rings. The highest BCUT2D eigenvalue weighted by Gasteiger charge is 2.35. The molecule has 0 radical (unpaired) electrons. The van der Waals surface area contributed by atoms with Crippen LogP contribution < -0.4 is 4.74 Å². The van der Waals surface area contributed by atoms with Crippen LogP contribution in [0, 0.1) is 17.0 Å². The van der Waals surface area contributed by atoms with E-state index in [9.17, 15) is 19.7 Å². The number of thioether (sulfide) groups is 1. The lowest BCUT2D eigenvalue weighted by molar-refractivity contribution is -0.385. The second-order valence-electron chi connectivity index (χ2n) is 6.98. The molecule has 4 rings (SSSR count). The Balaban J connectivity index is 1.44. The predicted molar refractivity (Wildman–Crippen MR) is 120 cm³/mol. The summed E-state index contributed by atoms with van der Waals surface area (Å²) in [6.45, 7) is 2.18. The highest BCUT2D eigenvalue weighted by Crippen LogP contribution is 2.34. The van der Waals surface area contributed by atoms with Gasteiger partial charge in [0.25, 0.3) is 16.8 Å². The molecule has 2 aromatic carbocycles. The van der Waals surface area contributed by atoms with Gasteiger partial charge in [-0.1, -0.05) is 36.4 Å². The van der Waals surface area contributed by atoms with Crippen molar-refractivity contribution in [3.05, 3.63) is 98.6 Å². The Morgan fingerprint density at radius 3 is 2.50 bits per heavy atom. The zero-order valence-corrected chi connectivity index (χ0v) is 17.7. The number of aromatic nitrogens is 1. The van der Waals surface area contributed by atoms with Crippen LogP contribution in [-0.4, -0.2) is 26.0 Å². The number of imide groups is 1. The van der Waals surface area contributed by atoms with Crippen LogP contribution in [0.25, 0.3) is 6.08 Å². The van der Waals surface area contributed by atoms with Crippen molar-refractivity contribution in [2.75, 3.05) is 0 Å². The molecule has 32 heavy (non-hydrogen) atoms. The first-order valence-corrected chi connectivity index (χ1v) is 10.4. The van der Waals surface area contributed by atoms with Crippen LogP contribution in [0.3, 0.4) is 0 Å². The first kappa shape index (κ1) is 21.3. The van der Waals surface area contributed by atoms with Crippen LogP contribution >= 0.6 is 11.8 Å². The summed E-state index contributed by atoms with van der Waals surface area (Å²) in [4.78, 5) is 40.8. The van der Waals surface area contributed by atoms with E-state index in [-0.39, 0.29) is 29.3 Å². The second-order valence-corrected chi connectivity index (χ2v) is 7.97. The van der Waals surface area contributed by atoms with E-state index in [0.29, 0.717) is 10.7 Å².